The lowest BCUT2D eigenvalue weighted by Gasteiger charge is -2.34. The molecule has 3 heterocycles. The number of alkyl halides is 3. The van der Waals surface area contributed by atoms with Crippen molar-refractivity contribution in [1.29, 1.82) is 0 Å². The van der Waals surface area contributed by atoms with Crippen molar-refractivity contribution >= 4 is 17.6 Å². The van der Waals surface area contributed by atoms with E-state index in [0.29, 0.717) is 23.5 Å². The predicted molar refractivity (Wildman–Crippen MR) is 157 cm³/mol. The summed E-state index contributed by atoms with van der Waals surface area (Å²) in [5, 5.41) is 2.81. The SMILES string of the molecule is CCc1nc2c(C)cc(-c3ccc(CN4CCN(CC)CC4)cc3)cn2c1NC(=O)OCc1ccc(C(F)(F)F)cc1. The molecule has 0 radical (unpaired) electrons. The fourth-order valence-corrected chi connectivity index (χ4v) is 5.29. The van der Waals surface area contributed by atoms with Gasteiger partial charge in [0, 0.05) is 38.9 Å². The van der Waals surface area contributed by atoms with Crippen molar-refractivity contribution in [3.63, 3.8) is 0 Å². The molecule has 5 rings (SSSR count). The van der Waals surface area contributed by atoms with Gasteiger partial charge in [-0.15, -0.1) is 0 Å². The third-order valence-corrected chi connectivity index (χ3v) is 7.79. The number of nitrogens with one attached hydrogen (secondary N) is 1. The average Bonchev–Trinajstić information content (AvgIpc) is 3.34. The number of aromatic nitrogens is 2. The predicted octanol–water partition coefficient (Wildman–Crippen LogP) is 6.78. The van der Waals surface area contributed by atoms with E-state index in [2.05, 4.69) is 52.4 Å². The summed E-state index contributed by atoms with van der Waals surface area (Å²) in [4.78, 5) is 22.4. The van der Waals surface area contributed by atoms with E-state index in [9.17, 15) is 18.0 Å². The Morgan fingerprint density at radius 3 is 2.19 bits per heavy atom. The van der Waals surface area contributed by atoms with Crippen LogP contribution in [0.4, 0.5) is 23.8 Å². The van der Waals surface area contributed by atoms with E-state index in [-0.39, 0.29) is 6.61 Å². The zero-order valence-corrected chi connectivity index (χ0v) is 24.2. The number of likely N-dealkylation sites (N-methyl/N-ethyl adjacent to an activating group) is 1. The van der Waals surface area contributed by atoms with Crippen LogP contribution in [0.25, 0.3) is 16.8 Å². The molecule has 2 aromatic carbocycles. The Labute approximate surface area is 243 Å². The molecular formula is C32H36F3N5O2. The molecule has 1 aliphatic heterocycles. The summed E-state index contributed by atoms with van der Waals surface area (Å²) in [5.41, 5.74) is 5.43. The minimum atomic E-state index is -4.42. The van der Waals surface area contributed by atoms with Crippen molar-refractivity contribution in [3.05, 3.63) is 88.7 Å². The normalized spacial score (nSPS) is 14.8. The Balaban J connectivity index is 1.30. The Hall–Kier alpha value is -3.89. The van der Waals surface area contributed by atoms with Gasteiger partial charge in [0.2, 0.25) is 0 Å². The maximum absolute atomic E-state index is 12.8. The number of benzene rings is 2. The van der Waals surface area contributed by atoms with Gasteiger partial charge in [0.1, 0.15) is 18.1 Å². The molecule has 10 heteroatoms. The van der Waals surface area contributed by atoms with E-state index in [4.69, 9.17) is 9.72 Å². The average molecular weight is 580 g/mol. The zero-order chi connectivity index (χ0) is 29.9. The molecular weight excluding hydrogens is 543 g/mol. The van der Waals surface area contributed by atoms with Crippen LogP contribution in [0, 0.1) is 6.92 Å². The van der Waals surface area contributed by atoms with Gasteiger partial charge < -0.3 is 9.64 Å². The molecule has 42 heavy (non-hydrogen) atoms. The molecule has 0 atom stereocenters. The van der Waals surface area contributed by atoms with Crippen molar-refractivity contribution in [2.75, 3.05) is 38.0 Å². The maximum atomic E-state index is 12.8. The van der Waals surface area contributed by atoms with Crippen molar-refractivity contribution in [2.45, 2.75) is 46.5 Å². The molecule has 1 N–H and O–H groups in total. The summed E-state index contributed by atoms with van der Waals surface area (Å²) in [6.07, 6.45) is -2.58. The number of ether oxygens (including phenoxy) is 1. The molecule has 222 valence electrons. The van der Waals surface area contributed by atoms with Crippen LogP contribution in [0.1, 0.15) is 41.8 Å². The van der Waals surface area contributed by atoms with Crippen molar-refractivity contribution < 1.29 is 22.7 Å². The van der Waals surface area contributed by atoms with Gasteiger partial charge in [-0.2, -0.15) is 13.2 Å². The summed E-state index contributed by atoms with van der Waals surface area (Å²) >= 11 is 0. The number of hydrogen-bond donors (Lipinski definition) is 1. The maximum Gasteiger partial charge on any atom is 0.416 e. The van der Waals surface area contributed by atoms with Gasteiger partial charge in [-0.1, -0.05) is 50.2 Å². The number of amides is 1. The Morgan fingerprint density at radius 1 is 0.929 bits per heavy atom. The summed E-state index contributed by atoms with van der Waals surface area (Å²) in [5.74, 6) is 0.512. The highest BCUT2D eigenvalue weighted by atomic mass is 19.4. The number of anilines is 1. The Bertz CT molecular complexity index is 1520. The van der Waals surface area contributed by atoms with E-state index in [0.717, 1.165) is 73.7 Å². The second kappa shape index (κ2) is 12.5. The first-order valence-corrected chi connectivity index (χ1v) is 14.3. The van der Waals surface area contributed by atoms with Crippen LogP contribution in [-0.2, 0) is 30.5 Å². The lowest BCUT2D eigenvalue weighted by Crippen LogP contribution is -2.45. The van der Waals surface area contributed by atoms with Crippen LogP contribution in [0.2, 0.25) is 0 Å². The van der Waals surface area contributed by atoms with E-state index in [1.165, 1.54) is 17.7 Å². The van der Waals surface area contributed by atoms with E-state index >= 15 is 0 Å². The van der Waals surface area contributed by atoms with Gasteiger partial charge >= 0.3 is 12.3 Å². The zero-order valence-electron chi connectivity index (χ0n) is 24.2. The van der Waals surface area contributed by atoms with Gasteiger partial charge in [-0.05, 0) is 65.9 Å². The number of carbonyl (C=O) groups excluding carboxylic acids is 1. The van der Waals surface area contributed by atoms with Gasteiger partial charge in [0.05, 0.1) is 11.3 Å². The van der Waals surface area contributed by atoms with Crippen molar-refractivity contribution in [3.8, 4) is 11.1 Å². The second-order valence-corrected chi connectivity index (χ2v) is 10.7. The Kier molecular flexibility index (Phi) is 8.84. The Morgan fingerprint density at radius 2 is 1.57 bits per heavy atom. The highest BCUT2D eigenvalue weighted by Crippen LogP contribution is 2.30. The smallest absolute Gasteiger partial charge is 0.416 e. The number of imidazole rings is 1. The molecule has 2 aromatic heterocycles. The highest BCUT2D eigenvalue weighted by Gasteiger charge is 2.30. The van der Waals surface area contributed by atoms with Crippen LogP contribution in [0.15, 0.2) is 60.8 Å². The van der Waals surface area contributed by atoms with E-state index < -0.39 is 17.8 Å². The summed E-state index contributed by atoms with van der Waals surface area (Å²) < 4.78 is 45.7. The number of fused-ring (bicyclic) bond motifs is 1. The molecule has 0 unspecified atom stereocenters. The fraction of sp³-hybridized carbons (Fsp3) is 0.375. The topological polar surface area (TPSA) is 62.1 Å². The second-order valence-electron chi connectivity index (χ2n) is 10.7. The first-order chi connectivity index (χ1) is 20.1. The molecule has 1 amide bonds. The largest absolute Gasteiger partial charge is 0.444 e. The van der Waals surface area contributed by atoms with Crippen molar-refractivity contribution in [2.24, 2.45) is 0 Å². The summed E-state index contributed by atoms with van der Waals surface area (Å²) in [7, 11) is 0. The molecule has 1 aliphatic rings. The number of pyridine rings is 1. The minimum absolute atomic E-state index is 0.160. The number of halogens is 3. The van der Waals surface area contributed by atoms with Crippen LogP contribution in [0.3, 0.4) is 0 Å². The minimum Gasteiger partial charge on any atom is -0.444 e. The van der Waals surface area contributed by atoms with Gasteiger partial charge in [-0.25, -0.2) is 9.78 Å². The van der Waals surface area contributed by atoms with Crippen LogP contribution < -0.4 is 5.32 Å². The molecule has 7 nitrogen and oxygen atoms in total. The number of nitrogens with zero attached hydrogens (tertiary/aromatic N) is 4. The molecule has 4 aromatic rings. The standard InChI is InChI=1S/C32H36F3N5O2/c1-4-28-30(37-31(41)42-21-24-8-12-27(13-9-24)32(33,34)35)40-20-26(18-22(3)29(40)36-28)25-10-6-23(7-11-25)19-39-16-14-38(5-2)15-17-39/h6-13,18,20H,4-5,14-17,19,21H2,1-3H3,(H,37,41). The molecule has 0 saturated carbocycles. The van der Waals surface area contributed by atoms with Crippen LogP contribution >= 0.6 is 0 Å². The molecule has 0 bridgehead atoms. The van der Waals surface area contributed by atoms with Crippen LogP contribution in [-0.4, -0.2) is 58.0 Å². The number of rotatable bonds is 8. The highest BCUT2D eigenvalue weighted by molar-refractivity contribution is 5.85. The first-order valence-electron chi connectivity index (χ1n) is 14.3. The molecule has 1 fully saturated rings. The molecule has 0 aliphatic carbocycles. The number of carbonyl (C=O) groups is 1. The number of hydrogen-bond acceptors (Lipinski definition) is 5. The van der Waals surface area contributed by atoms with Gasteiger partial charge in [-0.3, -0.25) is 14.6 Å². The number of piperazine rings is 1. The summed E-state index contributed by atoms with van der Waals surface area (Å²) in [6, 6.07) is 15.2. The third kappa shape index (κ3) is 6.77. The van der Waals surface area contributed by atoms with E-state index in [1.807, 2.05) is 24.4 Å². The van der Waals surface area contributed by atoms with Gasteiger partial charge in [0.15, 0.2) is 0 Å². The van der Waals surface area contributed by atoms with E-state index in [1.54, 1.807) is 0 Å². The van der Waals surface area contributed by atoms with Crippen molar-refractivity contribution in [1.82, 2.24) is 19.2 Å². The summed E-state index contributed by atoms with van der Waals surface area (Å²) in [6.45, 7) is 12.4. The number of aryl methyl sites for hydroxylation is 2. The molecule has 0 spiro atoms. The fourth-order valence-electron chi connectivity index (χ4n) is 5.29. The van der Waals surface area contributed by atoms with Crippen LogP contribution in [0.5, 0.6) is 0 Å². The van der Waals surface area contributed by atoms with Gasteiger partial charge in [0.25, 0.3) is 0 Å². The third-order valence-electron chi connectivity index (χ3n) is 7.79. The lowest BCUT2D eigenvalue weighted by atomic mass is 10.0. The quantitative estimate of drug-likeness (QED) is 0.250. The molecule has 1 saturated heterocycles. The first kappa shape index (κ1) is 29.6. The monoisotopic (exact) mass is 579 g/mol. The lowest BCUT2D eigenvalue weighted by molar-refractivity contribution is -0.137.